The van der Waals surface area contributed by atoms with Crippen LogP contribution in [0.25, 0.3) is 12.2 Å². The number of carboxylic acids is 1. The summed E-state index contributed by atoms with van der Waals surface area (Å²) >= 11 is 0. The zero-order valence-corrected chi connectivity index (χ0v) is 19.6. The number of aryl methyl sites for hydroxylation is 1. The zero-order chi connectivity index (χ0) is 27.3. The van der Waals surface area contributed by atoms with Crippen LogP contribution < -0.4 is 0 Å². The number of aliphatic hydroxyl groups is 2. The molecule has 2 aromatic carbocycles. The van der Waals surface area contributed by atoms with Crippen LogP contribution in [0.3, 0.4) is 0 Å². The molecular formula is C26H26O11. The Kier molecular flexibility index (Phi) is 8.21. The Morgan fingerprint density at radius 1 is 0.838 bits per heavy atom. The highest BCUT2D eigenvalue weighted by atomic mass is 16.6. The largest absolute Gasteiger partial charge is 0.508 e. The minimum atomic E-state index is -2.27. The van der Waals surface area contributed by atoms with E-state index in [4.69, 9.17) is 9.47 Å². The molecule has 6 N–H and O–H groups in total. The van der Waals surface area contributed by atoms with Crippen LogP contribution in [-0.4, -0.2) is 72.5 Å². The number of aliphatic hydroxyl groups excluding tert-OH is 2. The van der Waals surface area contributed by atoms with Gasteiger partial charge in [-0.25, -0.2) is 14.4 Å². The van der Waals surface area contributed by atoms with Gasteiger partial charge in [0.05, 0.1) is 12.2 Å². The number of phenols is 3. The molecule has 1 aliphatic rings. The van der Waals surface area contributed by atoms with Gasteiger partial charge in [-0.15, -0.1) is 0 Å². The van der Waals surface area contributed by atoms with E-state index in [9.17, 15) is 45.0 Å². The first-order valence-electron chi connectivity index (χ1n) is 11.1. The van der Waals surface area contributed by atoms with E-state index in [0.29, 0.717) is 16.7 Å². The van der Waals surface area contributed by atoms with Gasteiger partial charge in [-0.05, 0) is 60.0 Å². The molecule has 11 nitrogen and oxygen atoms in total. The Hall–Kier alpha value is -4.35. The highest BCUT2D eigenvalue weighted by molar-refractivity contribution is 5.91. The quantitative estimate of drug-likeness (QED) is 0.179. The molecule has 11 heteroatoms. The van der Waals surface area contributed by atoms with E-state index in [1.807, 2.05) is 0 Å². The number of carbonyl (C=O) groups excluding carboxylic acids is 2. The van der Waals surface area contributed by atoms with Crippen molar-refractivity contribution in [3.63, 3.8) is 0 Å². The number of hydrogen-bond donors (Lipinski definition) is 6. The van der Waals surface area contributed by atoms with Gasteiger partial charge < -0.3 is 40.1 Å². The fourth-order valence-electron chi connectivity index (χ4n) is 3.86. The molecule has 0 saturated heterocycles. The van der Waals surface area contributed by atoms with Gasteiger partial charge in [0.25, 0.3) is 0 Å². The second-order valence-corrected chi connectivity index (χ2v) is 8.63. The molecule has 0 aromatic heterocycles. The van der Waals surface area contributed by atoms with Crippen LogP contribution in [0.2, 0.25) is 0 Å². The predicted molar refractivity (Wildman–Crippen MR) is 128 cm³/mol. The van der Waals surface area contributed by atoms with Crippen molar-refractivity contribution in [3.05, 3.63) is 65.2 Å². The molecular weight excluding hydrogens is 488 g/mol. The molecule has 0 radical (unpaired) electrons. The number of carbonyl (C=O) groups is 3. The first-order chi connectivity index (χ1) is 17.4. The van der Waals surface area contributed by atoms with Crippen LogP contribution in [0.1, 0.15) is 29.5 Å². The SMILES string of the molecule is Cc1cc(/C=C/C(=O)OC2(C(=O)O)C[C@@H](O)C(OC(=O)/C=C/c3ccc(O)c(O)c3)[C@H](O)C2)ccc1O. The molecule has 196 valence electrons. The molecule has 0 spiro atoms. The highest BCUT2D eigenvalue weighted by Crippen LogP contribution is 2.35. The molecule has 1 saturated carbocycles. The molecule has 37 heavy (non-hydrogen) atoms. The number of rotatable bonds is 7. The lowest BCUT2D eigenvalue weighted by Crippen LogP contribution is -2.58. The number of benzene rings is 2. The average molecular weight is 514 g/mol. The normalized spacial score (nSPS) is 23.7. The maximum atomic E-state index is 12.4. The fraction of sp³-hybridized carbons (Fsp3) is 0.269. The van der Waals surface area contributed by atoms with Gasteiger partial charge in [0.2, 0.25) is 5.60 Å². The molecule has 1 aliphatic carbocycles. The smallest absolute Gasteiger partial charge is 0.348 e. The number of hydrogen-bond acceptors (Lipinski definition) is 10. The molecule has 0 bridgehead atoms. The molecule has 2 atom stereocenters. The van der Waals surface area contributed by atoms with E-state index in [1.54, 1.807) is 13.0 Å². The minimum Gasteiger partial charge on any atom is -0.508 e. The van der Waals surface area contributed by atoms with E-state index in [2.05, 4.69) is 0 Å². The topological polar surface area (TPSA) is 191 Å². The average Bonchev–Trinajstić information content (AvgIpc) is 2.83. The van der Waals surface area contributed by atoms with Crippen LogP contribution >= 0.6 is 0 Å². The van der Waals surface area contributed by atoms with Crippen molar-refractivity contribution in [2.24, 2.45) is 0 Å². The Labute approximate surface area is 211 Å². The fourth-order valence-corrected chi connectivity index (χ4v) is 3.86. The van der Waals surface area contributed by atoms with Crippen molar-refractivity contribution in [2.45, 2.75) is 43.7 Å². The Morgan fingerprint density at radius 2 is 1.38 bits per heavy atom. The number of phenolic OH excluding ortho intramolecular Hbond substituents is 3. The second-order valence-electron chi connectivity index (χ2n) is 8.63. The lowest BCUT2D eigenvalue weighted by Gasteiger charge is -2.41. The number of esters is 2. The van der Waals surface area contributed by atoms with Gasteiger partial charge in [0.15, 0.2) is 17.6 Å². The maximum Gasteiger partial charge on any atom is 0.348 e. The van der Waals surface area contributed by atoms with E-state index in [0.717, 1.165) is 12.2 Å². The van der Waals surface area contributed by atoms with Gasteiger partial charge in [-0.1, -0.05) is 12.1 Å². The summed E-state index contributed by atoms with van der Waals surface area (Å²) in [5.41, 5.74) is -0.812. The maximum absolute atomic E-state index is 12.4. The summed E-state index contributed by atoms with van der Waals surface area (Å²) in [6.45, 7) is 1.66. The predicted octanol–water partition coefficient (Wildman–Crippen LogP) is 1.63. The van der Waals surface area contributed by atoms with E-state index in [-0.39, 0.29) is 11.5 Å². The van der Waals surface area contributed by atoms with Crippen LogP contribution in [0.15, 0.2) is 48.6 Å². The number of aromatic hydroxyl groups is 3. The van der Waals surface area contributed by atoms with Crippen molar-refractivity contribution in [1.29, 1.82) is 0 Å². The number of ether oxygens (including phenoxy) is 2. The molecule has 3 rings (SSSR count). The lowest BCUT2D eigenvalue weighted by molar-refractivity contribution is -0.207. The minimum absolute atomic E-state index is 0.0696. The summed E-state index contributed by atoms with van der Waals surface area (Å²) in [6.07, 6.45) is -1.59. The molecule has 0 aliphatic heterocycles. The monoisotopic (exact) mass is 514 g/mol. The summed E-state index contributed by atoms with van der Waals surface area (Å²) in [7, 11) is 0. The molecule has 0 heterocycles. The standard InChI is InChI=1S/C26H26O11/c1-14-10-15(2-6-17(14)27)5-9-23(33)37-26(25(34)35)12-20(30)24(21(31)13-26)36-22(32)8-4-16-3-7-18(28)19(29)11-16/h2-11,20-21,24,27-31H,12-13H2,1H3,(H,34,35)/b8-4+,9-5+/t20-,21-,24?,26?/m1/s1. The van der Waals surface area contributed by atoms with Crippen LogP contribution in [0.4, 0.5) is 0 Å². The van der Waals surface area contributed by atoms with Gasteiger partial charge in [0.1, 0.15) is 5.75 Å². The first kappa shape index (κ1) is 27.2. The third-order valence-electron chi connectivity index (χ3n) is 5.82. The summed E-state index contributed by atoms with van der Waals surface area (Å²) in [5.74, 6) is -4.28. The van der Waals surface area contributed by atoms with Gasteiger partial charge in [-0.2, -0.15) is 0 Å². The lowest BCUT2D eigenvalue weighted by atomic mass is 9.79. The van der Waals surface area contributed by atoms with Crippen molar-refractivity contribution in [3.8, 4) is 17.2 Å². The first-order valence-corrected chi connectivity index (χ1v) is 11.1. The highest BCUT2D eigenvalue weighted by Gasteiger charge is 2.54. The van der Waals surface area contributed by atoms with Gasteiger partial charge in [0, 0.05) is 25.0 Å². The molecule has 0 unspecified atom stereocenters. The van der Waals surface area contributed by atoms with Crippen molar-refractivity contribution < 1.29 is 54.5 Å². The summed E-state index contributed by atoms with van der Waals surface area (Å²) < 4.78 is 10.2. The van der Waals surface area contributed by atoms with Crippen molar-refractivity contribution >= 4 is 30.1 Å². The second kappa shape index (κ2) is 11.1. The van der Waals surface area contributed by atoms with E-state index < -0.39 is 60.4 Å². The Balaban J connectivity index is 1.66. The van der Waals surface area contributed by atoms with Crippen molar-refractivity contribution in [1.82, 2.24) is 0 Å². The summed E-state index contributed by atoms with van der Waals surface area (Å²) in [6, 6.07) is 8.37. The third-order valence-corrected chi connectivity index (χ3v) is 5.82. The van der Waals surface area contributed by atoms with Crippen LogP contribution in [0, 0.1) is 6.92 Å². The van der Waals surface area contributed by atoms with E-state index in [1.165, 1.54) is 42.5 Å². The zero-order valence-electron chi connectivity index (χ0n) is 19.6. The molecule has 2 aromatic rings. The van der Waals surface area contributed by atoms with E-state index >= 15 is 0 Å². The van der Waals surface area contributed by atoms with Crippen LogP contribution in [0.5, 0.6) is 17.2 Å². The molecule has 0 amide bonds. The Bertz CT molecular complexity index is 1240. The molecule has 1 fully saturated rings. The summed E-state index contributed by atoms with van der Waals surface area (Å²) in [5, 5.41) is 59.1. The van der Waals surface area contributed by atoms with Gasteiger partial charge >= 0.3 is 17.9 Å². The number of aliphatic carboxylic acids is 1. The third kappa shape index (κ3) is 6.66. The summed E-state index contributed by atoms with van der Waals surface area (Å²) in [4.78, 5) is 36.6. The number of carboxylic acid groups (broad SMARTS) is 1. The van der Waals surface area contributed by atoms with Gasteiger partial charge in [-0.3, -0.25) is 0 Å². The van der Waals surface area contributed by atoms with Crippen LogP contribution in [-0.2, 0) is 23.9 Å². The Morgan fingerprint density at radius 3 is 1.92 bits per heavy atom. The van der Waals surface area contributed by atoms with Crippen molar-refractivity contribution in [2.75, 3.05) is 0 Å².